The fraction of sp³-hybridized carbons (Fsp3) is 0.364. The summed E-state index contributed by atoms with van der Waals surface area (Å²) in [6.07, 6.45) is -0.565. The molecule has 0 N–H and O–H groups in total. The quantitative estimate of drug-likeness (QED) is 0.715. The summed E-state index contributed by atoms with van der Waals surface area (Å²) < 4.78 is 28.2. The van der Waals surface area contributed by atoms with E-state index >= 15 is 0 Å². The predicted molar refractivity (Wildman–Crippen MR) is 54.4 cm³/mol. The van der Waals surface area contributed by atoms with Crippen molar-refractivity contribution in [1.29, 1.82) is 5.26 Å². The third-order valence-electron chi connectivity index (χ3n) is 1.96. The standard InChI is InChI=1S/C11H12FNO3/c1-14-11(15-2)7-16-10-5-8(6-13)3-4-9(10)12/h3-5,11H,7H2,1-2H3. The van der Waals surface area contributed by atoms with Gasteiger partial charge in [0, 0.05) is 20.3 Å². The highest BCUT2D eigenvalue weighted by atomic mass is 19.1. The summed E-state index contributed by atoms with van der Waals surface area (Å²) in [6.45, 7) is 0.0544. The molecule has 0 fully saturated rings. The van der Waals surface area contributed by atoms with Crippen LogP contribution in [0.2, 0.25) is 0 Å². The smallest absolute Gasteiger partial charge is 0.191 e. The fourth-order valence-electron chi connectivity index (χ4n) is 1.07. The first-order valence-electron chi connectivity index (χ1n) is 4.59. The molecule has 0 spiro atoms. The van der Waals surface area contributed by atoms with Gasteiger partial charge in [0.15, 0.2) is 17.9 Å². The SMILES string of the molecule is COC(COc1cc(C#N)ccc1F)OC. The highest BCUT2D eigenvalue weighted by molar-refractivity contribution is 5.37. The van der Waals surface area contributed by atoms with Gasteiger partial charge in [-0.2, -0.15) is 5.26 Å². The van der Waals surface area contributed by atoms with Crippen LogP contribution in [0.4, 0.5) is 4.39 Å². The topological polar surface area (TPSA) is 51.5 Å². The van der Waals surface area contributed by atoms with Gasteiger partial charge in [0.05, 0.1) is 11.6 Å². The summed E-state index contributed by atoms with van der Waals surface area (Å²) in [4.78, 5) is 0. The van der Waals surface area contributed by atoms with Crippen molar-refractivity contribution in [3.05, 3.63) is 29.6 Å². The Morgan fingerprint density at radius 3 is 2.62 bits per heavy atom. The zero-order chi connectivity index (χ0) is 12.0. The molecule has 0 bridgehead atoms. The normalized spacial score (nSPS) is 10.2. The Bertz CT molecular complexity index is 385. The molecule has 0 amide bonds. The minimum atomic E-state index is -0.565. The summed E-state index contributed by atoms with van der Waals surface area (Å²) in [5.74, 6) is -0.511. The van der Waals surface area contributed by atoms with Crippen molar-refractivity contribution >= 4 is 0 Å². The number of nitriles is 1. The van der Waals surface area contributed by atoms with Crippen LogP contribution < -0.4 is 4.74 Å². The summed E-state index contributed by atoms with van der Waals surface area (Å²) in [6, 6.07) is 5.80. The molecule has 0 radical (unpaired) electrons. The second-order valence-electron chi connectivity index (χ2n) is 2.97. The lowest BCUT2D eigenvalue weighted by atomic mass is 10.2. The van der Waals surface area contributed by atoms with Gasteiger partial charge < -0.3 is 14.2 Å². The number of hydrogen-bond acceptors (Lipinski definition) is 4. The summed E-state index contributed by atoms with van der Waals surface area (Å²) in [7, 11) is 2.92. The lowest BCUT2D eigenvalue weighted by Gasteiger charge is -2.14. The predicted octanol–water partition coefficient (Wildman–Crippen LogP) is 1.70. The number of halogens is 1. The Morgan fingerprint density at radius 1 is 1.38 bits per heavy atom. The van der Waals surface area contributed by atoms with Gasteiger partial charge in [-0.1, -0.05) is 0 Å². The molecule has 86 valence electrons. The van der Waals surface area contributed by atoms with E-state index in [1.807, 2.05) is 6.07 Å². The van der Waals surface area contributed by atoms with Gasteiger partial charge in [-0.3, -0.25) is 0 Å². The average molecular weight is 225 g/mol. The van der Waals surface area contributed by atoms with Crippen LogP contribution in [-0.4, -0.2) is 27.1 Å². The van der Waals surface area contributed by atoms with Gasteiger partial charge in [-0.05, 0) is 12.1 Å². The maximum absolute atomic E-state index is 13.2. The molecule has 1 rings (SSSR count). The van der Waals surface area contributed by atoms with Gasteiger partial charge >= 0.3 is 0 Å². The van der Waals surface area contributed by atoms with Crippen LogP contribution in [0.5, 0.6) is 5.75 Å². The van der Waals surface area contributed by atoms with E-state index in [0.717, 1.165) is 0 Å². The van der Waals surface area contributed by atoms with E-state index in [0.29, 0.717) is 5.56 Å². The lowest BCUT2D eigenvalue weighted by Crippen LogP contribution is -2.22. The van der Waals surface area contributed by atoms with Crippen molar-refractivity contribution in [3.8, 4) is 11.8 Å². The monoisotopic (exact) mass is 225 g/mol. The summed E-state index contributed by atoms with van der Waals surface area (Å²) in [5, 5.41) is 8.65. The number of rotatable bonds is 5. The van der Waals surface area contributed by atoms with E-state index in [9.17, 15) is 4.39 Å². The fourth-order valence-corrected chi connectivity index (χ4v) is 1.07. The highest BCUT2D eigenvalue weighted by Gasteiger charge is 2.09. The van der Waals surface area contributed by atoms with Crippen molar-refractivity contribution < 1.29 is 18.6 Å². The molecule has 0 unspecified atom stereocenters. The lowest BCUT2D eigenvalue weighted by molar-refractivity contribution is -0.122. The third kappa shape index (κ3) is 3.19. The molecule has 4 nitrogen and oxygen atoms in total. The zero-order valence-electron chi connectivity index (χ0n) is 9.07. The average Bonchev–Trinajstić information content (AvgIpc) is 2.32. The maximum atomic E-state index is 13.2. The minimum absolute atomic E-state index is 0.0122. The van der Waals surface area contributed by atoms with Crippen molar-refractivity contribution in [3.63, 3.8) is 0 Å². The number of methoxy groups -OCH3 is 2. The van der Waals surface area contributed by atoms with E-state index in [2.05, 4.69) is 0 Å². The molecule has 5 heteroatoms. The Kier molecular flexibility index (Phi) is 4.70. The van der Waals surface area contributed by atoms with Crippen LogP contribution in [0.15, 0.2) is 18.2 Å². The molecule has 0 aliphatic carbocycles. The molecule has 0 aliphatic heterocycles. The molecule has 0 aliphatic rings. The van der Waals surface area contributed by atoms with Crippen LogP contribution >= 0.6 is 0 Å². The second kappa shape index (κ2) is 6.05. The van der Waals surface area contributed by atoms with Gasteiger partial charge in [0.1, 0.15) is 6.61 Å². The Balaban J connectivity index is 2.69. The Morgan fingerprint density at radius 2 is 2.06 bits per heavy atom. The molecule has 0 saturated heterocycles. The summed E-state index contributed by atoms with van der Waals surface area (Å²) >= 11 is 0. The van der Waals surface area contributed by atoms with Crippen molar-refractivity contribution in [2.24, 2.45) is 0 Å². The molecule has 1 aromatic rings. The van der Waals surface area contributed by atoms with Crippen molar-refractivity contribution in [2.45, 2.75) is 6.29 Å². The van der Waals surface area contributed by atoms with E-state index in [-0.39, 0.29) is 12.4 Å². The third-order valence-corrected chi connectivity index (χ3v) is 1.96. The first kappa shape index (κ1) is 12.4. The Labute approximate surface area is 93.2 Å². The molecule has 0 saturated carbocycles. The van der Waals surface area contributed by atoms with Gasteiger partial charge in [0.2, 0.25) is 0 Å². The first-order valence-corrected chi connectivity index (χ1v) is 4.59. The van der Waals surface area contributed by atoms with Gasteiger partial charge in [0.25, 0.3) is 0 Å². The number of benzene rings is 1. The Hall–Kier alpha value is -1.64. The second-order valence-corrected chi connectivity index (χ2v) is 2.97. The van der Waals surface area contributed by atoms with Crippen molar-refractivity contribution in [2.75, 3.05) is 20.8 Å². The summed E-state index contributed by atoms with van der Waals surface area (Å²) in [5.41, 5.74) is 0.336. The largest absolute Gasteiger partial charge is 0.485 e. The molecular formula is C11H12FNO3. The molecular weight excluding hydrogens is 213 g/mol. The van der Waals surface area contributed by atoms with Crippen LogP contribution in [0.3, 0.4) is 0 Å². The van der Waals surface area contributed by atoms with Crippen LogP contribution in [0.1, 0.15) is 5.56 Å². The van der Waals surface area contributed by atoms with Gasteiger partial charge in [-0.25, -0.2) is 4.39 Å². The minimum Gasteiger partial charge on any atom is -0.485 e. The highest BCUT2D eigenvalue weighted by Crippen LogP contribution is 2.18. The van der Waals surface area contributed by atoms with Gasteiger partial charge in [-0.15, -0.1) is 0 Å². The molecule has 0 heterocycles. The van der Waals surface area contributed by atoms with E-state index in [4.69, 9.17) is 19.5 Å². The number of hydrogen-bond donors (Lipinski definition) is 0. The number of ether oxygens (including phenoxy) is 3. The maximum Gasteiger partial charge on any atom is 0.191 e. The zero-order valence-corrected chi connectivity index (χ0v) is 9.07. The van der Waals surface area contributed by atoms with Crippen LogP contribution in [0.25, 0.3) is 0 Å². The van der Waals surface area contributed by atoms with Crippen molar-refractivity contribution in [1.82, 2.24) is 0 Å². The molecule has 1 aromatic carbocycles. The van der Waals surface area contributed by atoms with E-state index in [1.165, 1.54) is 32.4 Å². The van der Waals surface area contributed by atoms with E-state index < -0.39 is 12.1 Å². The molecule has 0 aromatic heterocycles. The number of nitrogens with zero attached hydrogens (tertiary/aromatic N) is 1. The van der Waals surface area contributed by atoms with Crippen LogP contribution in [0, 0.1) is 17.1 Å². The van der Waals surface area contributed by atoms with Crippen LogP contribution in [-0.2, 0) is 9.47 Å². The first-order chi connectivity index (χ1) is 7.71. The molecule has 16 heavy (non-hydrogen) atoms. The molecule has 0 atom stereocenters. The van der Waals surface area contributed by atoms with E-state index in [1.54, 1.807) is 0 Å².